The summed E-state index contributed by atoms with van der Waals surface area (Å²) < 4.78 is 44.9. The number of alkyl halides is 3. The highest BCUT2D eigenvalue weighted by Crippen LogP contribution is 2.37. The summed E-state index contributed by atoms with van der Waals surface area (Å²) in [6.07, 6.45) is -1.75. The van der Waals surface area contributed by atoms with Gasteiger partial charge >= 0.3 is 6.18 Å². The quantitative estimate of drug-likeness (QED) is 0.574. The molecule has 0 amide bonds. The van der Waals surface area contributed by atoms with Gasteiger partial charge in [0.25, 0.3) is 0 Å². The van der Waals surface area contributed by atoms with Crippen LogP contribution in [0.2, 0.25) is 0 Å². The third-order valence-corrected chi connectivity index (χ3v) is 3.53. The molecule has 4 aromatic rings. The van der Waals surface area contributed by atoms with E-state index in [9.17, 15) is 13.2 Å². The van der Waals surface area contributed by atoms with Gasteiger partial charge in [0.2, 0.25) is 0 Å². The molecule has 0 radical (unpaired) electrons. The maximum atomic E-state index is 13.3. The second-order valence-corrected chi connectivity index (χ2v) is 5.13. The van der Waals surface area contributed by atoms with Gasteiger partial charge in [-0.3, -0.25) is 0 Å². The highest BCUT2D eigenvalue weighted by molar-refractivity contribution is 6.03. The van der Waals surface area contributed by atoms with E-state index in [1.54, 1.807) is 6.92 Å². The SMILES string of the molecule is Cc1cc(C(F)(F)F)c2ccc3nc(-c4cnco4)nc3c2[nH]1. The Hall–Kier alpha value is -2.90. The smallest absolute Gasteiger partial charge is 0.417 e. The first kappa shape index (κ1) is 13.7. The van der Waals surface area contributed by atoms with Crippen LogP contribution in [0.1, 0.15) is 11.3 Å². The Bertz CT molecular complexity index is 1020. The van der Waals surface area contributed by atoms with Crippen molar-refractivity contribution in [2.24, 2.45) is 0 Å². The highest BCUT2D eigenvalue weighted by atomic mass is 19.4. The molecule has 0 aliphatic heterocycles. The Morgan fingerprint density at radius 3 is 2.70 bits per heavy atom. The van der Waals surface area contributed by atoms with Gasteiger partial charge in [0, 0.05) is 11.1 Å². The van der Waals surface area contributed by atoms with Crippen LogP contribution in [0.15, 0.2) is 35.2 Å². The van der Waals surface area contributed by atoms with Crippen molar-refractivity contribution in [1.29, 1.82) is 0 Å². The summed E-state index contributed by atoms with van der Waals surface area (Å²) in [5.74, 6) is 0.645. The van der Waals surface area contributed by atoms with Crippen LogP contribution in [0.25, 0.3) is 33.5 Å². The predicted molar refractivity (Wildman–Crippen MR) is 76.6 cm³/mol. The van der Waals surface area contributed by atoms with Crippen LogP contribution < -0.4 is 0 Å². The molecule has 0 atom stereocenters. The number of imidazole rings is 1. The molecule has 0 saturated heterocycles. The van der Waals surface area contributed by atoms with Crippen molar-refractivity contribution in [1.82, 2.24) is 19.9 Å². The summed E-state index contributed by atoms with van der Waals surface area (Å²) >= 11 is 0. The second-order valence-electron chi connectivity index (χ2n) is 5.13. The molecular weight excluding hydrogens is 309 g/mol. The zero-order valence-electron chi connectivity index (χ0n) is 11.8. The summed E-state index contributed by atoms with van der Waals surface area (Å²) in [5.41, 5.74) is 0.839. The number of aromatic nitrogens is 4. The lowest BCUT2D eigenvalue weighted by atomic mass is 10.1. The van der Waals surface area contributed by atoms with E-state index >= 15 is 0 Å². The number of aryl methyl sites for hydroxylation is 1. The van der Waals surface area contributed by atoms with E-state index in [2.05, 4.69) is 19.9 Å². The number of H-pyrrole nitrogens is 1. The van der Waals surface area contributed by atoms with Crippen LogP contribution in [0.5, 0.6) is 0 Å². The second kappa shape index (κ2) is 4.55. The van der Waals surface area contributed by atoms with Crippen molar-refractivity contribution >= 4 is 21.9 Å². The standard InChI is InChI=1S/C15H9F3N4O/c1-7-4-9(15(16,17)18)8-2-3-10-13(12(8)20-7)22-14(21-10)11-5-19-6-23-11/h2-6,20H,1H3. The number of aromatic amines is 1. The molecule has 0 saturated carbocycles. The molecule has 3 heterocycles. The molecule has 5 nitrogen and oxygen atoms in total. The normalized spacial score (nSPS) is 12.3. The number of hydrogen-bond donors (Lipinski definition) is 1. The molecule has 1 N–H and O–H groups in total. The number of nitrogens with zero attached hydrogens (tertiary/aromatic N) is 3. The molecule has 0 aliphatic carbocycles. The van der Waals surface area contributed by atoms with E-state index < -0.39 is 11.7 Å². The summed E-state index contributed by atoms with van der Waals surface area (Å²) in [5, 5.41) is 0.0552. The lowest BCUT2D eigenvalue weighted by Gasteiger charge is -2.12. The van der Waals surface area contributed by atoms with Gasteiger partial charge in [-0.05, 0) is 25.1 Å². The van der Waals surface area contributed by atoms with E-state index in [1.165, 1.54) is 24.7 Å². The van der Waals surface area contributed by atoms with Gasteiger partial charge in [0.15, 0.2) is 18.0 Å². The topological polar surface area (TPSA) is 67.6 Å². The molecule has 0 aliphatic rings. The van der Waals surface area contributed by atoms with Gasteiger partial charge in [-0.2, -0.15) is 13.2 Å². The van der Waals surface area contributed by atoms with Gasteiger partial charge in [0.05, 0.1) is 22.8 Å². The molecular formula is C15H9F3N4O. The van der Waals surface area contributed by atoms with Crippen LogP contribution in [0.4, 0.5) is 13.2 Å². The summed E-state index contributed by atoms with van der Waals surface area (Å²) in [6, 6.07) is 4.00. The van der Waals surface area contributed by atoms with Gasteiger partial charge in [-0.15, -0.1) is 0 Å². The molecule has 23 heavy (non-hydrogen) atoms. The molecule has 1 aromatic carbocycles. The van der Waals surface area contributed by atoms with Crippen molar-refractivity contribution in [2.75, 3.05) is 0 Å². The Labute approximate surface area is 127 Å². The Balaban J connectivity index is 2.07. The highest BCUT2D eigenvalue weighted by Gasteiger charge is 2.33. The maximum Gasteiger partial charge on any atom is 0.417 e. The number of oxazole rings is 1. The average Bonchev–Trinajstić information content (AvgIpc) is 3.14. The first-order chi connectivity index (χ1) is 10.9. The van der Waals surface area contributed by atoms with E-state index in [1.807, 2.05) is 0 Å². The number of nitrogens with one attached hydrogen (secondary N) is 1. The van der Waals surface area contributed by atoms with Crippen LogP contribution in [0.3, 0.4) is 0 Å². The van der Waals surface area contributed by atoms with Gasteiger partial charge in [0.1, 0.15) is 5.52 Å². The third kappa shape index (κ3) is 2.14. The Morgan fingerprint density at radius 1 is 1.17 bits per heavy atom. The fraction of sp³-hybridized carbons (Fsp3) is 0.133. The lowest BCUT2D eigenvalue weighted by Crippen LogP contribution is -2.07. The van der Waals surface area contributed by atoms with Crippen molar-refractivity contribution in [2.45, 2.75) is 13.1 Å². The molecule has 0 bridgehead atoms. The average molecular weight is 318 g/mol. The van der Waals surface area contributed by atoms with Crippen LogP contribution in [-0.2, 0) is 6.18 Å². The molecule has 0 spiro atoms. The minimum atomic E-state index is -4.44. The molecule has 4 rings (SSSR count). The van der Waals surface area contributed by atoms with Crippen molar-refractivity contribution in [3.05, 3.63) is 42.0 Å². The van der Waals surface area contributed by atoms with Crippen LogP contribution in [0, 0.1) is 6.92 Å². The lowest BCUT2D eigenvalue weighted by molar-refractivity contribution is -0.136. The minimum Gasteiger partial charge on any atom is -0.440 e. The fourth-order valence-corrected chi connectivity index (χ4v) is 2.58. The third-order valence-electron chi connectivity index (χ3n) is 3.53. The summed E-state index contributed by atoms with van der Waals surface area (Å²) in [6.45, 7) is 1.57. The van der Waals surface area contributed by atoms with Gasteiger partial charge in [-0.25, -0.2) is 15.0 Å². The van der Waals surface area contributed by atoms with Gasteiger partial charge in [-0.1, -0.05) is 0 Å². The number of rotatable bonds is 1. The molecule has 8 heteroatoms. The molecule has 0 fully saturated rings. The number of benzene rings is 1. The van der Waals surface area contributed by atoms with E-state index in [-0.39, 0.29) is 11.2 Å². The maximum absolute atomic E-state index is 13.3. The number of hydrogen-bond acceptors (Lipinski definition) is 4. The van der Waals surface area contributed by atoms with Crippen LogP contribution >= 0.6 is 0 Å². The fourth-order valence-electron chi connectivity index (χ4n) is 2.58. The number of halogens is 3. The molecule has 0 unspecified atom stereocenters. The van der Waals surface area contributed by atoms with E-state index in [0.717, 1.165) is 6.07 Å². The van der Waals surface area contributed by atoms with E-state index in [4.69, 9.17) is 4.42 Å². The Morgan fingerprint density at radius 2 is 2.00 bits per heavy atom. The summed E-state index contributed by atoms with van der Waals surface area (Å²) in [7, 11) is 0. The molecule has 3 aromatic heterocycles. The zero-order chi connectivity index (χ0) is 16.2. The predicted octanol–water partition coefficient (Wildman–Crippen LogP) is 4.09. The summed E-state index contributed by atoms with van der Waals surface area (Å²) in [4.78, 5) is 15.3. The number of fused-ring (bicyclic) bond motifs is 3. The van der Waals surface area contributed by atoms with E-state index in [0.29, 0.717) is 28.0 Å². The van der Waals surface area contributed by atoms with Crippen molar-refractivity contribution in [3.8, 4) is 11.6 Å². The van der Waals surface area contributed by atoms with Crippen molar-refractivity contribution < 1.29 is 17.6 Å². The Kier molecular flexibility index (Phi) is 2.72. The minimum absolute atomic E-state index is 0.0552. The first-order valence-electron chi connectivity index (χ1n) is 6.69. The van der Waals surface area contributed by atoms with Crippen LogP contribution in [-0.4, -0.2) is 19.9 Å². The largest absolute Gasteiger partial charge is 0.440 e. The molecule has 116 valence electrons. The zero-order valence-corrected chi connectivity index (χ0v) is 11.8. The monoisotopic (exact) mass is 318 g/mol. The van der Waals surface area contributed by atoms with Gasteiger partial charge < -0.3 is 9.40 Å². The first-order valence-corrected chi connectivity index (χ1v) is 6.69. The number of pyridine rings is 1. The van der Waals surface area contributed by atoms with Crippen molar-refractivity contribution in [3.63, 3.8) is 0 Å².